The topological polar surface area (TPSA) is 87.8 Å². The smallest absolute Gasteiger partial charge is 0.233 e. The zero-order chi connectivity index (χ0) is 16.1. The van der Waals surface area contributed by atoms with Crippen molar-refractivity contribution in [1.82, 2.24) is 10.2 Å². The van der Waals surface area contributed by atoms with Crippen LogP contribution in [0.5, 0.6) is 0 Å². The highest BCUT2D eigenvalue weighted by Crippen LogP contribution is 2.52. The molecule has 23 heavy (non-hydrogen) atoms. The van der Waals surface area contributed by atoms with E-state index in [1.54, 1.807) is 0 Å². The number of fused-ring (bicyclic) bond motifs is 5. The number of carbonyl (C=O) groups is 2. The van der Waals surface area contributed by atoms with E-state index in [0.29, 0.717) is 19.0 Å². The maximum Gasteiger partial charge on any atom is 0.233 e. The molecule has 2 aliphatic carbocycles. The van der Waals surface area contributed by atoms with E-state index >= 15 is 0 Å². The average molecular weight is 432 g/mol. The molecule has 2 amide bonds. The maximum absolute atomic E-state index is 12.5. The van der Waals surface area contributed by atoms with Gasteiger partial charge < -0.3 is 11.1 Å². The minimum absolute atomic E-state index is 0. The van der Waals surface area contributed by atoms with Crippen LogP contribution >= 0.6 is 24.0 Å². The van der Waals surface area contributed by atoms with Gasteiger partial charge >= 0.3 is 0 Å². The van der Waals surface area contributed by atoms with Gasteiger partial charge in [-0.15, -0.1) is 24.0 Å². The quantitative estimate of drug-likeness (QED) is 0.230. The number of rotatable bonds is 3. The predicted octanol–water partition coefficient (Wildman–Crippen LogP) is 1.11. The van der Waals surface area contributed by atoms with E-state index in [4.69, 9.17) is 5.73 Å². The molecule has 0 aromatic heterocycles. The van der Waals surface area contributed by atoms with Crippen molar-refractivity contribution >= 4 is 41.8 Å². The van der Waals surface area contributed by atoms with Gasteiger partial charge in [0.25, 0.3) is 0 Å². The molecule has 0 radical (unpaired) electrons. The molecule has 0 aromatic carbocycles. The van der Waals surface area contributed by atoms with Crippen LogP contribution in [-0.4, -0.2) is 41.3 Å². The molecule has 3 N–H and O–H groups in total. The molecule has 4 unspecified atom stereocenters. The van der Waals surface area contributed by atoms with Crippen LogP contribution in [0.15, 0.2) is 17.1 Å². The third-order valence-electron chi connectivity index (χ3n) is 4.67. The zero-order valence-corrected chi connectivity index (χ0v) is 16.1. The molecule has 2 bridgehead atoms. The summed E-state index contributed by atoms with van der Waals surface area (Å²) in [6, 6.07) is 0. The highest BCUT2D eigenvalue weighted by atomic mass is 127. The van der Waals surface area contributed by atoms with Crippen molar-refractivity contribution in [2.75, 3.05) is 13.1 Å². The SMILES string of the molecule is CC(C)(C)NC(N)=NCCN1C(=O)C2C3C=CC(C3)C2C1=O.I. The first kappa shape index (κ1) is 18.2. The summed E-state index contributed by atoms with van der Waals surface area (Å²) in [6.07, 6.45) is 5.16. The number of nitrogens with one attached hydrogen (secondary N) is 1. The van der Waals surface area contributed by atoms with Crippen molar-refractivity contribution in [3.63, 3.8) is 0 Å². The summed E-state index contributed by atoms with van der Waals surface area (Å²) in [5, 5.41) is 3.06. The summed E-state index contributed by atoms with van der Waals surface area (Å²) in [7, 11) is 0. The maximum atomic E-state index is 12.5. The van der Waals surface area contributed by atoms with Crippen molar-refractivity contribution < 1.29 is 9.59 Å². The van der Waals surface area contributed by atoms with E-state index in [0.717, 1.165) is 6.42 Å². The summed E-state index contributed by atoms with van der Waals surface area (Å²) >= 11 is 0. The third kappa shape index (κ3) is 3.39. The number of allylic oxidation sites excluding steroid dienone is 2. The second-order valence-corrected chi connectivity index (χ2v) is 7.47. The number of hydrogen-bond donors (Lipinski definition) is 2. The predicted molar refractivity (Wildman–Crippen MR) is 99.2 cm³/mol. The van der Waals surface area contributed by atoms with E-state index in [9.17, 15) is 9.59 Å². The Morgan fingerprint density at radius 2 is 1.78 bits per heavy atom. The van der Waals surface area contributed by atoms with Gasteiger partial charge in [-0.05, 0) is 39.0 Å². The fraction of sp³-hybridized carbons (Fsp3) is 0.688. The van der Waals surface area contributed by atoms with Crippen LogP contribution in [0.25, 0.3) is 0 Å². The number of likely N-dealkylation sites (tertiary alicyclic amines) is 1. The highest BCUT2D eigenvalue weighted by molar-refractivity contribution is 14.0. The molecule has 3 aliphatic rings. The van der Waals surface area contributed by atoms with E-state index in [1.165, 1.54) is 4.90 Å². The molecule has 2 fully saturated rings. The zero-order valence-electron chi connectivity index (χ0n) is 13.8. The lowest BCUT2D eigenvalue weighted by molar-refractivity contribution is -0.140. The molecule has 0 spiro atoms. The highest BCUT2D eigenvalue weighted by Gasteiger charge is 2.58. The molecular formula is C16H25IN4O2. The van der Waals surface area contributed by atoms with Crippen molar-refractivity contribution in [3.05, 3.63) is 12.2 Å². The van der Waals surface area contributed by atoms with Crippen LogP contribution in [0.4, 0.5) is 0 Å². The van der Waals surface area contributed by atoms with Crippen molar-refractivity contribution in [2.24, 2.45) is 34.4 Å². The van der Waals surface area contributed by atoms with Crippen LogP contribution in [0.1, 0.15) is 27.2 Å². The number of imide groups is 1. The first-order valence-electron chi connectivity index (χ1n) is 7.89. The first-order chi connectivity index (χ1) is 10.3. The lowest BCUT2D eigenvalue weighted by Crippen LogP contribution is -2.45. The summed E-state index contributed by atoms with van der Waals surface area (Å²) < 4.78 is 0. The number of hydrogen-bond acceptors (Lipinski definition) is 3. The molecule has 1 saturated carbocycles. The molecule has 0 aromatic rings. The van der Waals surface area contributed by atoms with Crippen LogP contribution in [-0.2, 0) is 9.59 Å². The standard InChI is InChI=1S/C16H24N4O2.HI/c1-16(2,3)19-15(17)18-6-7-20-13(21)11-9-4-5-10(8-9)12(11)14(20)22;/h4-5,9-12H,6-8H2,1-3H3,(H3,17,18,19);1H. The molecule has 1 heterocycles. The second-order valence-electron chi connectivity index (χ2n) is 7.47. The first-order valence-corrected chi connectivity index (χ1v) is 7.89. The molecule has 1 aliphatic heterocycles. The molecule has 128 valence electrons. The molecular weight excluding hydrogens is 407 g/mol. The second kappa shape index (κ2) is 6.41. The van der Waals surface area contributed by atoms with Crippen LogP contribution in [0, 0.1) is 23.7 Å². The fourth-order valence-corrected chi connectivity index (χ4v) is 3.88. The Labute approximate surface area is 154 Å². The third-order valence-corrected chi connectivity index (χ3v) is 4.67. The van der Waals surface area contributed by atoms with E-state index in [-0.39, 0.29) is 65.0 Å². The minimum Gasteiger partial charge on any atom is -0.370 e. The molecule has 7 heteroatoms. The van der Waals surface area contributed by atoms with E-state index in [1.807, 2.05) is 20.8 Å². The van der Waals surface area contributed by atoms with Crippen LogP contribution < -0.4 is 11.1 Å². The summed E-state index contributed by atoms with van der Waals surface area (Å²) in [5.41, 5.74) is 5.64. The summed E-state index contributed by atoms with van der Waals surface area (Å²) in [5.74, 6) is 0.551. The average Bonchev–Trinajstić information content (AvgIpc) is 3.05. The Hall–Kier alpha value is -1.12. The van der Waals surface area contributed by atoms with E-state index in [2.05, 4.69) is 22.5 Å². The number of guanidine groups is 1. The van der Waals surface area contributed by atoms with Crippen LogP contribution in [0.2, 0.25) is 0 Å². The summed E-state index contributed by atoms with van der Waals surface area (Å²) in [6.45, 7) is 6.64. The number of nitrogens with two attached hydrogens (primary N) is 1. The Morgan fingerprint density at radius 1 is 1.26 bits per heavy atom. The van der Waals surface area contributed by atoms with Crippen LogP contribution in [0.3, 0.4) is 0 Å². The van der Waals surface area contributed by atoms with Gasteiger partial charge in [0, 0.05) is 12.1 Å². The number of aliphatic imine (C=N–C) groups is 1. The van der Waals surface area contributed by atoms with Gasteiger partial charge in [-0.2, -0.15) is 0 Å². The number of nitrogens with zero attached hydrogens (tertiary/aromatic N) is 2. The van der Waals surface area contributed by atoms with Gasteiger partial charge in [-0.1, -0.05) is 12.2 Å². The normalized spacial score (nSPS) is 32.3. The van der Waals surface area contributed by atoms with E-state index < -0.39 is 0 Å². The molecule has 1 saturated heterocycles. The number of halogens is 1. The Balaban J connectivity index is 0.00000192. The van der Waals surface area contributed by atoms with Gasteiger partial charge in [0.2, 0.25) is 11.8 Å². The largest absolute Gasteiger partial charge is 0.370 e. The Morgan fingerprint density at radius 3 is 2.26 bits per heavy atom. The van der Waals surface area contributed by atoms with Gasteiger partial charge in [-0.3, -0.25) is 19.5 Å². The van der Waals surface area contributed by atoms with Gasteiger partial charge in [0.1, 0.15) is 0 Å². The number of amides is 2. The molecule has 4 atom stereocenters. The van der Waals surface area contributed by atoms with Gasteiger partial charge in [0.15, 0.2) is 5.96 Å². The minimum atomic E-state index is -0.158. The van der Waals surface area contributed by atoms with Gasteiger partial charge in [0.05, 0.1) is 18.4 Å². The number of carbonyl (C=O) groups excluding carboxylic acids is 2. The Bertz CT molecular complexity index is 537. The monoisotopic (exact) mass is 432 g/mol. The summed E-state index contributed by atoms with van der Waals surface area (Å²) in [4.78, 5) is 30.5. The fourth-order valence-electron chi connectivity index (χ4n) is 3.88. The van der Waals surface area contributed by atoms with Crippen molar-refractivity contribution in [3.8, 4) is 0 Å². The van der Waals surface area contributed by atoms with Crippen molar-refractivity contribution in [2.45, 2.75) is 32.7 Å². The molecule has 6 nitrogen and oxygen atoms in total. The molecule has 3 rings (SSSR count). The van der Waals surface area contributed by atoms with Gasteiger partial charge in [-0.25, -0.2) is 0 Å². The lowest BCUT2D eigenvalue weighted by Gasteiger charge is -2.21. The Kier molecular flexibility index (Phi) is 5.08. The lowest BCUT2D eigenvalue weighted by atomic mass is 9.85. The van der Waals surface area contributed by atoms with Crippen molar-refractivity contribution in [1.29, 1.82) is 0 Å².